The van der Waals surface area contributed by atoms with Crippen LogP contribution in [-0.2, 0) is 6.42 Å². The van der Waals surface area contributed by atoms with E-state index in [0.717, 1.165) is 13.0 Å². The standard InChI is InChI=1S/C14H25N3/c15-11-8-6-4-2-1-3-5-7-9-14-10-12-16-13-17-14/h10,12-13H,1-9,11,15H2. The van der Waals surface area contributed by atoms with Gasteiger partial charge in [-0.3, -0.25) is 0 Å². The van der Waals surface area contributed by atoms with E-state index in [1.807, 2.05) is 12.3 Å². The Balaban J connectivity index is 1.85. The fraction of sp³-hybridized carbons (Fsp3) is 0.714. The molecule has 0 aliphatic rings. The van der Waals surface area contributed by atoms with Crippen molar-refractivity contribution in [2.24, 2.45) is 5.73 Å². The van der Waals surface area contributed by atoms with E-state index in [9.17, 15) is 0 Å². The maximum Gasteiger partial charge on any atom is 0.115 e. The average Bonchev–Trinajstić information content (AvgIpc) is 2.38. The van der Waals surface area contributed by atoms with E-state index in [-0.39, 0.29) is 0 Å². The lowest BCUT2D eigenvalue weighted by Gasteiger charge is -2.02. The van der Waals surface area contributed by atoms with E-state index in [1.54, 1.807) is 6.33 Å². The summed E-state index contributed by atoms with van der Waals surface area (Å²) in [6.07, 6.45) is 15.0. The summed E-state index contributed by atoms with van der Waals surface area (Å²) >= 11 is 0. The maximum absolute atomic E-state index is 5.45. The molecule has 1 rings (SSSR count). The predicted molar refractivity (Wildman–Crippen MR) is 71.7 cm³/mol. The van der Waals surface area contributed by atoms with Crippen molar-refractivity contribution in [3.8, 4) is 0 Å². The molecule has 3 nitrogen and oxygen atoms in total. The van der Waals surface area contributed by atoms with Gasteiger partial charge >= 0.3 is 0 Å². The highest BCUT2D eigenvalue weighted by Gasteiger charge is 1.94. The van der Waals surface area contributed by atoms with E-state index in [1.165, 1.54) is 57.1 Å². The second kappa shape index (κ2) is 10.2. The van der Waals surface area contributed by atoms with Crippen LogP contribution in [-0.4, -0.2) is 16.5 Å². The van der Waals surface area contributed by atoms with E-state index in [4.69, 9.17) is 5.73 Å². The first-order chi connectivity index (χ1) is 8.43. The number of aromatic nitrogens is 2. The zero-order chi connectivity index (χ0) is 12.2. The van der Waals surface area contributed by atoms with Gasteiger partial charge in [-0.25, -0.2) is 9.97 Å². The summed E-state index contributed by atoms with van der Waals surface area (Å²) in [4.78, 5) is 8.14. The Morgan fingerprint density at radius 2 is 1.53 bits per heavy atom. The molecule has 0 saturated carbocycles. The van der Waals surface area contributed by atoms with Gasteiger partial charge in [-0.1, -0.05) is 38.5 Å². The van der Waals surface area contributed by atoms with Crippen LogP contribution in [0.4, 0.5) is 0 Å². The first-order valence-electron chi connectivity index (χ1n) is 6.88. The first-order valence-corrected chi connectivity index (χ1v) is 6.88. The van der Waals surface area contributed by atoms with Crippen molar-refractivity contribution in [3.05, 3.63) is 24.3 Å². The SMILES string of the molecule is NCCCCCCCCCCc1ccncn1. The molecular formula is C14H25N3. The van der Waals surface area contributed by atoms with Crippen molar-refractivity contribution < 1.29 is 0 Å². The van der Waals surface area contributed by atoms with Crippen molar-refractivity contribution >= 4 is 0 Å². The van der Waals surface area contributed by atoms with Crippen molar-refractivity contribution in [2.75, 3.05) is 6.54 Å². The quantitative estimate of drug-likeness (QED) is 0.634. The Bertz CT molecular complexity index is 261. The maximum atomic E-state index is 5.45. The van der Waals surface area contributed by atoms with Crippen molar-refractivity contribution in [2.45, 2.75) is 57.8 Å². The summed E-state index contributed by atoms with van der Waals surface area (Å²) in [5.74, 6) is 0. The van der Waals surface area contributed by atoms with Crippen LogP contribution >= 0.6 is 0 Å². The molecule has 96 valence electrons. The fourth-order valence-corrected chi connectivity index (χ4v) is 1.98. The molecule has 0 atom stereocenters. The van der Waals surface area contributed by atoms with Crippen LogP contribution < -0.4 is 5.73 Å². The molecule has 0 radical (unpaired) electrons. The van der Waals surface area contributed by atoms with Crippen LogP contribution in [0.2, 0.25) is 0 Å². The molecule has 17 heavy (non-hydrogen) atoms. The minimum absolute atomic E-state index is 0.846. The zero-order valence-electron chi connectivity index (χ0n) is 10.8. The summed E-state index contributed by atoms with van der Waals surface area (Å²) < 4.78 is 0. The average molecular weight is 235 g/mol. The van der Waals surface area contributed by atoms with Gasteiger partial charge in [0.05, 0.1) is 0 Å². The summed E-state index contributed by atoms with van der Waals surface area (Å²) in [7, 11) is 0. The van der Waals surface area contributed by atoms with E-state index >= 15 is 0 Å². The molecule has 0 amide bonds. The predicted octanol–water partition coefficient (Wildman–Crippen LogP) is 3.10. The Kier molecular flexibility index (Phi) is 8.47. The van der Waals surface area contributed by atoms with Crippen LogP contribution in [0, 0.1) is 0 Å². The van der Waals surface area contributed by atoms with Gasteiger partial charge in [0, 0.05) is 11.9 Å². The largest absolute Gasteiger partial charge is 0.330 e. The van der Waals surface area contributed by atoms with Gasteiger partial charge < -0.3 is 5.73 Å². The Hall–Kier alpha value is -0.960. The van der Waals surface area contributed by atoms with Gasteiger partial charge in [0.2, 0.25) is 0 Å². The van der Waals surface area contributed by atoms with Gasteiger partial charge in [0.25, 0.3) is 0 Å². The van der Waals surface area contributed by atoms with Gasteiger partial charge in [0.15, 0.2) is 0 Å². The molecule has 0 bridgehead atoms. The second-order valence-corrected chi connectivity index (χ2v) is 4.57. The molecule has 1 heterocycles. The highest BCUT2D eigenvalue weighted by Crippen LogP contribution is 2.09. The molecular weight excluding hydrogens is 210 g/mol. The summed E-state index contributed by atoms with van der Waals surface area (Å²) in [5, 5.41) is 0. The molecule has 0 aromatic carbocycles. The molecule has 0 aliphatic heterocycles. The number of unbranched alkanes of at least 4 members (excludes halogenated alkanes) is 7. The minimum Gasteiger partial charge on any atom is -0.330 e. The molecule has 1 aromatic rings. The fourth-order valence-electron chi connectivity index (χ4n) is 1.98. The zero-order valence-corrected chi connectivity index (χ0v) is 10.8. The van der Waals surface area contributed by atoms with E-state index in [0.29, 0.717) is 0 Å². The Morgan fingerprint density at radius 3 is 2.12 bits per heavy atom. The van der Waals surface area contributed by atoms with Crippen LogP contribution in [0.25, 0.3) is 0 Å². The van der Waals surface area contributed by atoms with Gasteiger partial charge in [-0.15, -0.1) is 0 Å². The number of nitrogens with two attached hydrogens (primary N) is 1. The lowest BCUT2D eigenvalue weighted by molar-refractivity contribution is 0.568. The molecule has 0 saturated heterocycles. The smallest absolute Gasteiger partial charge is 0.115 e. The number of nitrogens with zero attached hydrogens (tertiary/aromatic N) is 2. The third kappa shape index (κ3) is 7.86. The summed E-state index contributed by atoms with van der Waals surface area (Å²) in [5.41, 5.74) is 6.62. The normalized spacial score (nSPS) is 10.6. The molecule has 0 aliphatic carbocycles. The molecule has 0 unspecified atom stereocenters. The van der Waals surface area contributed by atoms with Gasteiger partial charge in [-0.2, -0.15) is 0 Å². The third-order valence-electron chi connectivity index (χ3n) is 3.03. The van der Waals surface area contributed by atoms with Crippen LogP contribution in [0.1, 0.15) is 57.1 Å². The van der Waals surface area contributed by atoms with E-state index < -0.39 is 0 Å². The van der Waals surface area contributed by atoms with E-state index in [2.05, 4.69) is 9.97 Å². The van der Waals surface area contributed by atoms with Crippen LogP contribution in [0.15, 0.2) is 18.6 Å². The topological polar surface area (TPSA) is 51.8 Å². The van der Waals surface area contributed by atoms with Gasteiger partial charge in [-0.05, 0) is 31.9 Å². The van der Waals surface area contributed by atoms with Crippen LogP contribution in [0.5, 0.6) is 0 Å². The monoisotopic (exact) mass is 235 g/mol. The molecule has 2 N–H and O–H groups in total. The van der Waals surface area contributed by atoms with Crippen LogP contribution in [0.3, 0.4) is 0 Å². The Morgan fingerprint density at radius 1 is 0.882 bits per heavy atom. The molecule has 3 heteroatoms. The number of hydrogen-bond donors (Lipinski definition) is 1. The van der Waals surface area contributed by atoms with Crippen molar-refractivity contribution in [3.63, 3.8) is 0 Å². The lowest BCUT2D eigenvalue weighted by Crippen LogP contribution is -1.97. The number of hydrogen-bond acceptors (Lipinski definition) is 3. The van der Waals surface area contributed by atoms with Crippen molar-refractivity contribution in [1.29, 1.82) is 0 Å². The minimum atomic E-state index is 0.846. The molecule has 0 spiro atoms. The Labute approximate surface area is 105 Å². The summed E-state index contributed by atoms with van der Waals surface area (Å²) in [6.45, 7) is 0.846. The van der Waals surface area contributed by atoms with Crippen molar-refractivity contribution in [1.82, 2.24) is 9.97 Å². The molecule has 0 fully saturated rings. The third-order valence-corrected chi connectivity index (χ3v) is 3.03. The second-order valence-electron chi connectivity index (χ2n) is 4.57. The number of aryl methyl sites for hydroxylation is 1. The molecule has 1 aromatic heterocycles. The summed E-state index contributed by atoms with van der Waals surface area (Å²) in [6, 6.07) is 2.01. The lowest BCUT2D eigenvalue weighted by atomic mass is 10.1. The first kappa shape index (κ1) is 14.1. The van der Waals surface area contributed by atoms with Gasteiger partial charge in [0.1, 0.15) is 6.33 Å². The number of rotatable bonds is 10. The highest BCUT2D eigenvalue weighted by atomic mass is 14.8. The highest BCUT2D eigenvalue weighted by molar-refractivity contribution is 4.97.